The van der Waals surface area contributed by atoms with Crippen molar-refractivity contribution in [2.45, 2.75) is 19.4 Å². The number of H-pyrrole nitrogens is 1. The van der Waals surface area contributed by atoms with Crippen LogP contribution in [0.1, 0.15) is 19.4 Å². The van der Waals surface area contributed by atoms with Gasteiger partial charge in [-0.3, -0.25) is 9.59 Å². The van der Waals surface area contributed by atoms with Crippen LogP contribution in [0, 0.1) is 5.82 Å². The number of hydrogen-bond donors (Lipinski definition) is 2. The van der Waals surface area contributed by atoms with Crippen LogP contribution in [0.15, 0.2) is 52.1 Å². The fourth-order valence-corrected chi connectivity index (χ4v) is 2.92. The molecule has 0 saturated heterocycles. The summed E-state index contributed by atoms with van der Waals surface area (Å²) in [5, 5.41) is 2.73. The summed E-state index contributed by atoms with van der Waals surface area (Å²) >= 11 is 5.71. The quantitative estimate of drug-likeness (QED) is 0.735. The molecule has 8 heteroatoms. The molecule has 0 unspecified atom stereocenters. The highest BCUT2D eigenvalue weighted by molar-refractivity contribution is 6.31. The van der Waals surface area contributed by atoms with Gasteiger partial charge in [0.15, 0.2) is 0 Å². The zero-order chi connectivity index (χ0) is 18.8. The molecule has 0 aliphatic rings. The largest absolute Gasteiger partial charge is 0.329 e. The summed E-state index contributed by atoms with van der Waals surface area (Å²) in [4.78, 5) is 40.3. The maximum atomic E-state index is 13.2. The second kappa shape index (κ2) is 7.13. The van der Waals surface area contributed by atoms with E-state index in [0.29, 0.717) is 10.9 Å². The van der Waals surface area contributed by atoms with E-state index in [1.807, 2.05) is 0 Å². The van der Waals surface area contributed by atoms with Gasteiger partial charge in [0, 0.05) is 5.69 Å². The number of nitrogens with zero attached hydrogens (tertiary/aromatic N) is 1. The first-order chi connectivity index (χ1) is 12.4. The van der Waals surface area contributed by atoms with Crippen LogP contribution in [-0.4, -0.2) is 15.5 Å². The summed E-state index contributed by atoms with van der Waals surface area (Å²) in [7, 11) is 0. The summed E-state index contributed by atoms with van der Waals surface area (Å²) in [6.45, 7) is 1.68. The van der Waals surface area contributed by atoms with Crippen LogP contribution in [0.3, 0.4) is 0 Å². The Balaban J connectivity index is 2.02. The van der Waals surface area contributed by atoms with E-state index < -0.39 is 29.0 Å². The van der Waals surface area contributed by atoms with Crippen LogP contribution >= 0.6 is 11.6 Å². The van der Waals surface area contributed by atoms with E-state index >= 15 is 0 Å². The van der Waals surface area contributed by atoms with Crippen LogP contribution in [0.25, 0.3) is 10.9 Å². The first-order valence-electron chi connectivity index (χ1n) is 7.92. The molecule has 134 valence electrons. The maximum Gasteiger partial charge on any atom is 0.329 e. The van der Waals surface area contributed by atoms with Crippen molar-refractivity contribution < 1.29 is 9.18 Å². The lowest BCUT2D eigenvalue weighted by atomic mass is 10.1. The van der Waals surface area contributed by atoms with Gasteiger partial charge >= 0.3 is 5.69 Å². The van der Waals surface area contributed by atoms with Gasteiger partial charge in [-0.15, -0.1) is 0 Å². The first kappa shape index (κ1) is 17.9. The van der Waals surface area contributed by atoms with Crippen molar-refractivity contribution in [2.24, 2.45) is 0 Å². The molecule has 2 aromatic carbocycles. The molecule has 0 radical (unpaired) electrons. The van der Waals surface area contributed by atoms with Gasteiger partial charge in [0.05, 0.1) is 15.9 Å². The van der Waals surface area contributed by atoms with E-state index in [1.165, 1.54) is 12.1 Å². The molecule has 26 heavy (non-hydrogen) atoms. The Morgan fingerprint density at radius 2 is 2.00 bits per heavy atom. The average Bonchev–Trinajstić information content (AvgIpc) is 2.61. The van der Waals surface area contributed by atoms with Gasteiger partial charge in [-0.1, -0.05) is 30.7 Å². The predicted octanol–water partition coefficient (Wildman–Crippen LogP) is 3.07. The Labute approximate surface area is 152 Å². The van der Waals surface area contributed by atoms with Crippen molar-refractivity contribution in [3.8, 4) is 0 Å². The number of anilines is 1. The SMILES string of the molecule is CC[C@H](C(=O)Nc1ccc(F)c(Cl)c1)n1c(=O)[nH]c2ccccc2c1=O. The lowest BCUT2D eigenvalue weighted by molar-refractivity contribution is -0.119. The number of amides is 1. The number of carbonyl (C=O) groups is 1. The normalized spacial score (nSPS) is 12.1. The number of benzene rings is 2. The second-order valence-corrected chi connectivity index (χ2v) is 6.10. The molecule has 0 saturated carbocycles. The van der Waals surface area contributed by atoms with E-state index in [2.05, 4.69) is 10.3 Å². The summed E-state index contributed by atoms with van der Waals surface area (Å²) < 4.78 is 14.1. The van der Waals surface area contributed by atoms with Crippen molar-refractivity contribution in [3.05, 3.63) is 74.1 Å². The van der Waals surface area contributed by atoms with Crippen LogP contribution in [0.5, 0.6) is 0 Å². The number of fused-ring (bicyclic) bond motifs is 1. The molecule has 2 N–H and O–H groups in total. The lowest BCUT2D eigenvalue weighted by Crippen LogP contribution is -2.42. The van der Waals surface area contributed by atoms with Crippen LogP contribution in [-0.2, 0) is 4.79 Å². The van der Waals surface area contributed by atoms with E-state index in [-0.39, 0.29) is 17.1 Å². The van der Waals surface area contributed by atoms with Gasteiger partial charge in [0.2, 0.25) is 5.91 Å². The van der Waals surface area contributed by atoms with Gasteiger partial charge in [0.1, 0.15) is 11.9 Å². The Hall–Kier alpha value is -2.93. The summed E-state index contributed by atoms with van der Waals surface area (Å²) in [6, 6.07) is 9.26. The van der Waals surface area contributed by atoms with Crippen molar-refractivity contribution >= 4 is 34.1 Å². The molecule has 3 rings (SSSR count). The lowest BCUT2D eigenvalue weighted by Gasteiger charge is -2.17. The Bertz CT molecular complexity index is 1110. The highest BCUT2D eigenvalue weighted by atomic mass is 35.5. The summed E-state index contributed by atoms with van der Waals surface area (Å²) in [6.07, 6.45) is 0.210. The average molecular weight is 376 g/mol. The van der Waals surface area contributed by atoms with Crippen molar-refractivity contribution in [3.63, 3.8) is 0 Å². The number of aromatic amines is 1. The van der Waals surface area contributed by atoms with E-state index in [4.69, 9.17) is 11.6 Å². The molecular weight excluding hydrogens is 361 g/mol. The van der Waals surface area contributed by atoms with Crippen LogP contribution < -0.4 is 16.6 Å². The molecule has 0 aliphatic heterocycles. The molecule has 1 atom stereocenters. The number of halogens is 2. The third-order valence-electron chi connectivity index (χ3n) is 4.02. The van der Waals surface area contributed by atoms with E-state index in [0.717, 1.165) is 10.6 Å². The summed E-state index contributed by atoms with van der Waals surface area (Å²) in [5.74, 6) is -1.18. The third-order valence-corrected chi connectivity index (χ3v) is 4.31. The second-order valence-electron chi connectivity index (χ2n) is 5.69. The molecule has 0 bridgehead atoms. The fourth-order valence-electron chi connectivity index (χ4n) is 2.74. The first-order valence-corrected chi connectivity index (χ1v) is 8.29. The number of hydrogen-bond acceptors (Lipinski definition) is 3. The predicted molar refractivity (Wildman–Crippen MR) is 98.2 cm³/mol. The van der Waals surface area contributed by atoms with E-state index in [1.54, 1.807) is 31.2 Å². The number of aromatic nitrogens is 2. The Morgan fingerprint density at radius 1 is 1.27 bits per heavy atom. The Kier molecular flexibility index (Phi) is 4.90. The highest BCUT2D eigenvalue weighted by Gasteiger charge is 2.23. The molecule has 3 aromatic rings. The minimum absolute atomic E-state index is 0.142. The van der Waals surface area contributed by atoms with Crippen molar-refractivity contribution in [2.75, 3.05) is 5.32 Å². The highest BCUT2D eigenvalue weighted by Crippen LogP contribution is 2.20. The van der Waals surface area contributed by atoms with E-state index in [9.17, 15) is 18.8 Å². The molecule has 1 amide bonds. The minimum Gasteiger partial charge on any atom is -0.324 e. The molecule has 1 aromatic heterocycles. The number of para-hydroxylation sites is 1. The van der Waals surface area contributed by atoms with Crippen LogP contribution in [0.4, 0.5) is 10.1 Å². The maximum absolute atomic E-state index is 13.2. The molecule has 0 aliphatic carbocycles. The molecule has 0 fully saturated rings. The number of rotatable bonds is 4. The monoisotopic (exact) mass is 375 g/mol. The standard InChI is InChI=1S/C18H15ClFN3O3/c1-2-15(16(24)21-10-7-8-13(20)12(19)9-10)23-17(25)11-5-3-4-6-14(11)22-18(23)26/h3-9,15H,2H2,1H3,(H,21,24)(H,22,26)/t15-/m1/s1. The molecular formula is C18H15ClFN3O3. The molecule has 1 heterocycles. The van der Waals surface area contributed by atoms with Gasteiger partial charge in [-0.25, -0.2) is 13.8 Å². The topological polar surface area (TPSA) is 84.0 Å². The molecule has 0 spiro atoms. The zero-order valence-electron chi connectivity index (χ0n) is 13.8. The van der Waals surface area contributed by atoms with Crippen molar-refractivity contribution in [1.29, 1.82) is 0 Å². The van der Waals surface area contributed by atoms with Gasteiger partial charge < -0.3 is 10.3 Å². The van der Waals surface area contributed by atoms with Gasteiger partial charge in [-0.2, -0.15) is 0 Å². The Morgan fingerprint density at radius 3 is 2.69 bits per heavy atom. The molecule has 6 nitrogen and oxygen atoms in total. The number of carbonyl (C=O) groups excluding carboxylic acids is 1. The zero-order valence-corrected chi connectivity index (χ0v) is 14.5. The van der Waals surface area contributed by atoms with Crippen molar-refractivity contribution in [1.82, 2.24) is 9.55 Å². The number of nitrogens with one attached hydrogen (secondary N) is 2. The van der Waals surface area contributed by atoms with Gasteiger partial charge in [0.25, 0.3) is 5.56 Å². The smallest absolute Gasteiger partial charge is 0.324 e. The summed E-state index contributed by atoms with van der Waals surface area (Å²) in [5.41, 5.74) is -0.555. The minimum atomic E-state index is -1.03. The van der Waals surface area contributed by atoms with Crippen LogP contribution in [0.2, 0.25) is 5.02 Å². The third kappa shape index (κ3) is 3.25. The fraction of sp³-hybridized carbons (Fsp3) is 0.167. The van der Waals surface area contributed by atoms with Gasteiger partial charge in [-0.05, 0) is 36.8 Å².